The van der Waals surface area contributed by atoms with Gasteiger partial charge in [-0.2, -0.15) is 4.98 Å². The summed E-state index contributed by atoms with van der Waals surface area (Å²) in [6.07, 6.45) is 10.1. The summed E-state index contributed by atoms with van der Waals surface area (Å²) in [4.78, 5) is 4.56. The summed E-state index contributed by atoms with van der Waals surface area (Å²) in [5.74, 6) is 2.53. The van der Waals surface area contributed by atoms with Crippen LogP contribution < -0.4 is 5.73 Å². The van der Waals surface area contributed by atoms with Crippen LogP contribution in [0.5, 0.6) is 0 Å². The van der Waals surface area contributed by atoms with Gasteiger partial charge in [-0.1, -0.05) is 19.0 Å². The van der Waals surface area contributed by atoms with Crippen LogP contribution in [0.4, 0.5) is 0 Å². The van der Waals surface area contributed by atoms with Crippen molar-refractivity contribution < 1.29 is 4.52 Å². The molecular formula is C17H27N3O. The molecule has 4 nitrogen and oxygen atoms in total. The zero-order valence-corrected chi connectivity index (χ0v) is 13.3. The van der Waals surface area contributed by atoms with Gasteiger partial charge in [0, 0.05) is 12.8 Å². The molecule has 2 N–H and O–H groups in total. The van der Waals surface area contributed by atoms with Crippen LogP contribution in [-0.2, 0) is 12.8 Å². The van der Waals surface area contributed by atoms with E-state index in [2.05, 4.69) is 24.0 Å². The van der Waals surface area contributed by atoms with E-state index in [1.807, 2.05) is 0 Å². The van der Waals surface area contributed by atoms with Crippen LogP contribution in [0.25, 0.3) is 0 Å². The van der Waals surface area contributed by atoms with Crippen molar-refractivity contribution in [3.8, 4) is 0 Å². The molecule has 0 spiro atoms. The summed E-state index contributed by atoms with van der Waals surface area (Å²) in [6, 6.07) is 0. The number of hydrogen-bond acceptors (Lipinski definition) is 4. The van der Waals surface area contributed by atoms with Crippen molar-refractivity contribution in [1.82, 2.24) is 10.1 Å². The average molecular weight is 289 g/mol. The normalized spacial score (nSPS) is 44.4. The van der Waals surface area contributed by atoms with E-state index in [1.54, 1.807) is 0 Å². The highest BCUT2D eigenvalue weighted by atomic mass is 16.5. The first-order chi connectivity index (χ1) is 9.92. The average Bonchev–Trinajstić information content (AvgIpc) is 2.71. The minimum atomic E-state index is 0.412. The molecule has 0 saturated heterocycles. The van der Waals surface area contributed by atoms with Crippen molar-refractivity contribution in [1.29, 1.82) is 0 Å². The molecule has 0 radical (unpaired) electrons. The van der Waals surface area contributed by atoms with E-state index in [-0.39, 0.29) is 0 Å². The van der Waals surface area contributed by atoms with E-state index >= 15 is 0 Å². The van der Waals surface area contributed by atoms with Gasteiger partial charge < -0.3 is 10.3 Å². The Morgan fingerprint density at radius 2 is 1.86 bits per heavy atom. The van der Waals surface area contributed by atoms with E-state index in [0.29, 0.717) is 29.2 Å². The monoisotopic (exact) mass is 289 g/mol. The molecule has 4 aliphatic rings. The number of rotatable bonds is 4. The van der Waals surface area contributed by atoms with Crippen LogP contribution in [0.1, 0.15) is 64.1 Å². The molecule has 0 aliphatic heterocycles. The van der Waals surface area contributed by atoms with E-state index < -0.39 is 0 Å². The Kier molecular flexibility index (Phi) is 2.82. The number of nitrogens with two attached hydrogens (primary N) is 1. The molecule has 1 heterocycles. The van der Waals surface area contributed by atoms with Gasteiger partial charge in [0.2, 0.25) is 5.89 Å². The summed E-state index contributed by atoms with van der Waals surface area (Å²) < 4.78 is 5.51. The number of hydrogen-bond donors (Lipinski definition) is 1. The van der Waals surface area contributed by atoms with Gasteiger partial charge in [-0.05, 0) is 67.2 Å². The van der Waals surface area contributed by atoms with Crippen molar-refractivity contribution in [3.05, 3.63) is 11.7 Å². The van der Waals surface area contributed by atoms with Gasteiger partial charge in [-0.25, -0.2) is 0 Å². The SMILES string of the molecule is CC12CC3CC(C)(C1)CC(Cc1nc(CCN)no1)(C3)C2. The van der Waals surface area contributed by atoms with Gasteiger partial charge in [0.25, 0.3) is 0 Å². The molecule has 5 rings (SSSR count). The Hall–Kier alpha value is -0.900. The maximum Gasteiger partial charge on any atom is 0.227 e. The lowest BCUT2D eigenvalue weighted by Gasteiger charge is -2.65. The molecule has 0 aromatic carbocycles. The van der Waals surface area contributed by atoms with Gasteiger partial charge in [0.1, 0.15) is 0 Å². The third-order valence-corrected chi connectivity index (χ3v) is 6.15. The molecular weight excluding hydrogens is 262 g/mol. The highest BCUT2D eigenvalue weighted by molar-refractivity contribution is 5.12. The molecule has 2 atom stereocenters. The third-order valence-electron chi connectivity index (χ3n) is 6.15. The second kappa shape index (κ2) is 4.31. The van der Waals surface area contributed by atoms with Crippen molar-refractivity contribution in [3.63, 3.8) is 0 Å². The molecule has 4 fully saturated rings. The lowest BCUT2D eigenvalue weighted by atomic mass is 9.40. The fraction of sp³-hybridized carbons (Fsp3) is 0.882. The fourth-order valence-electron chi connectivity index (χ4n) is 6.79. The lowest BCUT2D eigenvalue weighted by molar-refractivity contribution is -0.146. The highest BCUT2D eigenvalue weighted by Crippen LogP contribution is 2.70. The maximum absolute atomic E-state index is 5.57. The van der Waals surface area contributed by atoms with E-state index in [0.717, 1.165) is 24.1 Å². The second-order valence-electron chi connectivity index (χ2n) is 8.95. The van der Waals surface area contributed by atoms with Crippen LogP contribution in [0, 0.1) is 22.2 Å². The Labute approximate surface area is 126 Å². The zero-order valence-electron chi connectivity index (χ0n) is 13.3. The minimum absolute atomic E-state index is 0.412. The Morgan fingerprint density at radius 3 is 2.48 bits per heavy atom. The Morgan fingerprint density at radius 1 is 1.14 bits per heavy atom. The Balaban J connectivity index is 1.59. The predicted molar refractivity (Wildman–Crippen MR) is 80.6 cm³/mol. The van der Waals surface area contributed by atoms with Crippen LogP contribution in [0.3, 0.4) is 0 Å². The first-order valence-corrected chi connectivity index (χ1v) is 8.43. The molecule has 0 amide bonds. The van der Waals surface area contributed by atoms with Gasteiger partial charge in [-0.3, -0.25) is 0 Å². The maximum atomic E-state index is 5.57. The van der Waals surface area contributed by atoms with E-state index in [9.17, 15) is 0 Å². The van der Waals surface area contributed by atoms with E-state index in [1.165, 1.54) is 38.5 Å². The molecule has 1 aromatic rings. The summed E-state index contributed by atoms with van der Waals surface area (Å²) in [5, 5.41) is 4.07. The largest absolute Gasteiger partial charge is 0.339 e. The van der Waals surface area contributed by atoms with Gasteiger partial charge >= 0.3 is 0 Å². The third kappa shape index (κ3) is 2.32. The summed E-state index contributed by atoms with van der Waals surface area (Å²) in [7, 11) is 0. The van der Waals surface area contributed by atoms with Crippen LogP contribution >= 0.6 is 0 Å². The van der Waals surface area contributed by atoms with Crippen molar-refractivity contribution in [2.24, 2.45) is 27.9 Å². The van der Waals surface area contributed by atoms with E-state index in [4.69, 9.17) is 10.3 Å². The number of aromatic nitrogens is 2. The first kappa shape index (κ1) is 13.7. The summed E-state index contributed by atoms with van der Waals surface area (Å²) in [6.45, 7) is 5.61. The quantitative estimate of drug-likeness (QED) is 0.925. The van der Waals surface area contributed by atoms with Crippen molar-refractivity contribution in [2.45, 2.75) is 65.2 Å². The lowest BCUT2D eigenvalue weighted by Crippen LogP contribution is -2.55. The molecule has 21 heavy (non-hydrogen) atoms. The Bertz CT molecular complexity index is 534. The standard InChI is InChI=1S/C17H27N3O/c1-15-5-12-6-16(2,9-15)11-17(7-12,10-15)8-14-19-13(3-4-18)20-21-14/h12H,3-11,18H2,1-2H3. The smallest absolute Gasteiger partial charge is 0.227 e. The van der Waals surface area contributed by atoms with Crippen molar-refractivity contribution in [2.75, 3.05) is 6.54 Å². The van der Waals surface area contributed by atoms with Gasteiger partial charge in [0.15, 0.2) is 5.82 Å². The molecule has 4 saturated carbocycles. The minimum Gasteiger partial charge on any atom is -0.339 e. The van der Waals surface area contributed by atoms with Crippen LogP contribution in [0.15, 0.2) is 4.52 Å². The summed E-state index contributed by atoms with van der Waals surface area (Å²) in [5.41, 5.74) is 7.08. The topological polar surface area (TPSA) is 64.9 Å². The number of nitrogens with zero attached hydrogens (tertiary/aromatic N) is 2. The molecule has 4 aliphatic carbocycles. The van der Waals surface area contributed by atoms with Crippen molar-refractivity contribution >= 4 is 0 Å². The van der Waals surface area contributed by atoms with Gasteiger partial charge in [0.05, 0.1) is 0 Å². The zero-order chi connectivity index (χ0) is 14.7. The predicted octanol–water partition coefficient (Wildman–Crippen LogP) is 3.11. The molecule has 2 unspecified atom stereocenters. The fourth-order valence-corrected chi connectivity index (χ4v) is 6.79. The van der Waals surface area contributed by atoms with Crippen LogP contribution in [-0.4, -0.2) is 16.7 Å². The van der Waals surface area contributed by atoms with Crippen LogP contribution in [0.2, 0.25) is 0 Å². The molecule has 4 bridgehead atoms. The molecule has 1 aromatic heterocycles. The molecule has 4 heteroatoms. The first-order valence-electron chi connectivity index (χ1n) is 8.43. The van der Waals surface area contributed by atoms with Gasteiger partial charge in [-0.15, -0.1) is 0 Å². The highest BCUT2D eigenvalue weighted by Gasteiger charge is 2.60. The molecule has 116 valence electrons. The second-order valence-corrected chi connectivity index (χ2v) is 8.95. The summed E-state index contributed by atoms with van der Waals surface area (Å²) >= 11 is 0.